The van der Waals surface area contributed by atoms with E-state index in [1.54, 1.807) is 4.90 Å². The SMILES string of the molecule is CC(C)(C)OC(=O)N1[C@@H]2CC[C@@H](C2)[C@H]1C(=O)N[C@H](C#N)Cc1ccc(-c2ccc3c(c2)CCO3)cc1. The van der Waals surface area contributed by atoms with Gasteiger partial charge in [0.05, 0.1) is 12.7 Å². The summed E-state index contributed by atoms with van der Waals surface area (Å²) >= 11 is 0. The van der Waals surface area contributed by atoms with E-state index in [-0.39, 0.29) is 17.9 Å². The second-order valence-electron chi connectivity index (χ2n) is 11.1. The molecule has 0 radical (unpaired) electrons. The van der Waals surface area contributed by atoms with Crippen molar-refractivity contribution in [1.82, 2.24) is 10.2 Å². The first-order valence-electron chi connectivity index (χ1n) is 12.8. The Kier molecular flexibility index (Phi) is 6.38. The van der Waals surface area contributed by atoms with Crippen molar-refractivity contribution in [3.8, 4) is 22.9 Å². The maximum Gasteiger partial charge on any atom is 0.411 e. The van der Waals surface area contributed by atoms with Crippen LogP contribution in [0.15, 0.2) is 42.5 Å². The van der Waals surface area contributed by atoms with Gasteiger partial charge in [-0.25, -0.2) is 4.79 Å². The van der Waals surface area contributed by atoms with Gasteiger partial charge in [0, 0.05) is 18.9 Å². The third-order valence-electron chi connectivity index (χ3n) is 7.35. The average Bonchev–Trinajstić information content (AvgIpc) is 3.58. The molecule has 2 heterocycles. The van der Waals surface area contributed by atoms with Crippen LogP contribution in [0.1, 0.15) is 51.2 Å². The zero-order valence-electron chi connectivity index (χ0n) is 21.1. The number of nitriles is 1. The number of amides is 2. The summed E-state index contributed by atoms with van der Waals surface area (Å²) in [6.45, 7) is 6.20. The Labute approximate surface area is 212 Å². The molecule has 36 heavy (non-hydrogen) atoms. The first kappa shape index (κ1) is 24.2. The first-order chi connectivity index (χ1) is 17.2. The summed E-state index contributed by atoms with van der Waals surface area (Å²) in [7, 11) is 0. The molecule has 2 aliphatic heterocycles. The molecule has 188 valence electrons. The van der Waals surface area contributed by atoms with Crippen molar-refractivity contribution >= 4 is 12.0 Å². The smallest absolute Gasteiger partial charge is 0.411 e. The molecule has 7 heteroatoms. The van der Waals surface area contributed by atoms with Crippen LogP contribution in [0, 0.1) is 17.2 Å². The Morgan fingerprint density at radius 2 is 1.92 bits per heavy atom. The highest BCUT2D eigenvalue weighted by molar-refractivity contribution is 5.87. The highest BCUT2D eigenvalue weighted by Crippen LogP contribution is 2.43. The van der Waals surface area contributed by atoms with Gasteiger partial charge in [0.2, 0.25) is 5.91 Å². The van der Waals surface area contributed by atoms with Gasteiger partial charge in [-0.05, 0) is 80.3 Å². The van der Waals surface area contributed by atoms with E-state index in [2.05, 4.69) is 23.5 Å². The van der Waals surface area contributed by atoms with Crippen LogP contribution in [0.5, 0.6) is 5.75 Å². The molecule has 7 nitrogen and oxygen atoms in total. The molecule has 2 aromatic carbocycles. The summed E-state index contributed by atoms with van der Waals surface area (Å²) in [5.41, 5.74) is 3.79. The number of ether oxygens (including phenoxy) is 2. The second-order valence-corrected chi connectivity index (χ2v) is 11.1. The fraction of sp³-hybridized carbons (Fsp3) is 0.483. The largest absolute Gasteiger partial charge is 0.493 e. The molecule has 1 N–H and O–H groups in total. The number of hydrogen-bond acceptors (Lipinski definition) is 5. The normalized spacial score (nSPS) is 22.9. The summed E-state index contributed by atoms with van der Waals surface area (Å²) in [5, 5.41) is 12.7. The highest BCUT2D eigenvalue weighted by atomic mass is 16.6. The van der Waals surface area contributed by atoms with E-state index < -0.39 is 23.8 Å². The molecule has 2 amide bonds. The summed E-state index contributed by atoms with van der Waals surface area (Å²) in [4.78, 5) is 27.8. The van der Waals surface area contributed by atoms with Crippen LogP contribution in [-0.4, -0.2) is 47.2 Å². The lowest BCUT2D eigenvalue weighted by Gasteiger charge is -2.35. The summed E-state index contributed by atoms with van der Waals surface area (Å²) in [6, 6.07) is 15.3. The van der Waals surface area contributed by atoms with Crippen LogP contribution in [0.4, 0.5) is 4.79 Å². The van der Waals surface area contributed by atoms with Crippen LogP contribution in [0.3, 0.4) is 0 Å². The molecule has 2 fully saturated rings. The van der Waals surface area contributed by atoms with Crippen molar-refractivity contribution in [2.24, 2.45) is 5.92 Å². The molecular formula is C29H33N3O4. The summed E-state index contributed by atoms with van der Waals surface area (Å²) in [5.74, 6) is 0.805. The molecule has 0 spiro atoms. The number of benzene rings is 2. The molecule has 3 aliphatic rings. The van der Waals surface area contributed by atoms with Gasteiger partial charge in [-0.2, -0.15) is 5.26 Å². The van der Waals surface area contributed by atoms with E-state index in [1.807, 2.05) is 51.1 Å². The zero-order chi connectivity index (χ0) is 25.4. The Morgan fingerprint density at radius 3 is 2.64 bits per heavy atom. The van der Waals surface area contributed by atoms with E-state index in [4.69, 9.17) is 9.47 Å². The van der Waals surface area contributed by atoms with Gasteiger partial charge in [0.15, 0.2) is 0 Å². The number of nitrogens with one attached hydrogen (secondary N) is 1. The van der Waals surface area contributed by atoms with Crippen molar-refractivity contribution in [1.29, 1.82) is 5.26 Å². The van der Waals surface area contributed by atoms with Gasteiger partial charge in [-0.3, -0.25) is 9.69 Å². The predicted molar refractivity (Wildman–Crippen MR) is 135 cm³/mol. The Balaban J connectivity index is 1.24. The lowest BCUT2D eigenvalue weighted by Crippen LogP contribution is -2.55. The van der Waals surface area contributed by atoms with Crippen LogP contribution in [0.25, 0.3) is 11.1 Å². The number of carbonyl (C=O) groups excluding carboxylic acids is 2. The molecule has 0 aromatic heterocycles. The molecule has 2 bridgehead atoms. The predicted octanol–water partition coefficient (Wildman–Crippen LogP) is 4.63. The number of rotatable bonds is 5. The third-order valence-corrected chi connectivity index (χ3v) is 7.35. The minimum absolute atomic E-state index is 0.0273. The summed E-state index contributed by atoms with van der Waals surface area (Å²) < 4.78 is 11.2. The van der Waals surface area contributed by atoms with Gasteiger partial charge in [0.1, 0.15) is 23.4 Å². The van der Waals surface area contributed by atoms with Gasteiger partial charge >= 0.3 is 6.09 Å². The quantitative estimate of drug-likeness (QED) is 0.664. The van der Waals surface area contributed by atoms with Crippen LogP contribution in [-0.2, 0) is 22.4 Å². The number of hydrogen-bond donors (Lipinski definition) is 1. The van der Waals surface area contributed by atoms with Crippen molar-refractivity contribution < 1.29 is 19.1 Å². The minimum Gasteiger partial charge on any atom is -0.493 e. The number of nitrogens with zero attached hydrogens (tertiary/aromatic N) is 2. The van der Waals surface area contributed by atoms with Gasteiger partial charge < -0.3 is 14.8 Å². The van der Waals surface area contributed by atoms with Gasteiger partial charge in [-0.1, -0.05) is 30.3 Å². The highest BCUT2D eigenvalue weighted by Gasteiger charge is 2.52. The Morgan fingerprint density at radius 1 is 1.17 bits per heavy atom. The third kappa shape index (κ3) is 4.90. The fourth-order valence-electron chi connectivity index (χ4n) is 5.72. The molecule has 5 rings (SSSR count). The maximum absolute atomic E-state index is 13.3. The molecule has 1 saturated carbocycles. The molecule has 1 saturated heterocycles. The standard InChI is InChI=1S/C29H33N3O4/c1-29(2,3)36-28(34)32-24-10-8-22(16-24)26(32)27(33)31-23(17-30)14-18-4-6-19(7-5-18)20-9-11-25-21(15-20)12-13-35-25/h4-7,9,11,15,22-24,26H,8,10,12-14,16H2,1-3H3,(H,31,33)/t22-,23-,24+,26-/m0/s1. The summed E-state index contributed by atoms with van der Waals surface area (Å²) in [6.07, 6.45) is 3.49. The van der Waals surface area contributed by atoms with Crippen molar-refractivity contribution in [2.75, 3.05) is 6.61 Å². The van der Waals surface area contributed by atoms with Crippen LogP contribution >= 0.6 is 0 Å². The number of piperidine rings is 1. The number of likely N-dealkylation sites (tertiary alicyclic amines) is 1. The fourth-order valence-corrected chi connectivity index (χ4v) is 5.72. The lowest BCUT2D eigenvalue weighted by atomic mass is 9.96. The molecular weight excluding hydrogens is 454 g/mol. The molecule has 4 atom stereocenters. The van der Waals surface area contributed by atoms with E-state index in [0.717, 1.165) is 54.7 Å². The first-order valence-corrected chi connectivity index (χ1v) is 12.8. The van der Waals surface area contributed by atoms with Crippen molar-refractivity contribution in [3.63, 3.8) is 0 Å². The lowest BCUT2D eigenvalue weighted by molar-refractivity contribution is -0.128. The molecule has 0 unspecified atom stereocenters. The van der Waals surface area contributed by atoms with E-state index in [9.17, 15) is 14.9 Å². The molecule has 1 aliphatic carbocycles. The van der Waals surface area contributed by atoms with Crippen LogP contribution < -0.4 is 10.1 Å². The van der Waals surface area contributed by atoms with Gasteiger partial charge in [0.25, 0.3) is 0 Å². The number of carbonyl (C=O) groups is 2. The Hall–Kier alpha value is -3.53. The number of fused-ring (bicyclic) bond motifs is 3. The average molecular weight is 488 g/mol. The molecule has 2 aromatic rings. The van der Waals surface area contributed by atoms with Crippen molar-refractivity contribution in [2.45, 2.75) is 76.6 Å². The van der Waals surface area contributed by atoms with E-state index in [1.165, 1.54) is 5.56 Å². The van der Waals surface area contributed by atoms with Crippen molar-refractivity contribution in [3.05, 3.63) is 53.6 Å². The van der Waals surface area contributed by atoms with Crippen LogP contribution in [0.2, 0.25) is 0 Å². The zero-order valence-corrected chi connectivity index (χ0v) is 21.1. The minimum atomic E-state index is -0.680. The topological polar surface area (TPSA) is 91.7 Å². The Bertz CT molecular complexity index is 1190. The maximum atomic E-state index is 13.3. The van der Waals surface area contributed by atoms with E-state index in [0.29, 0.717) is 6.42 Å². The second kappa shape index (κ2) is 9.50. The monoisotopic (exact) mass is 487 g/mol. The van der Waals surface area contributed by atoms with Gasteiger partial charge in [-0.15, -0.1) is 0 Å². The van der Waals surface area contributed by atoms with E-state index >= 15 is 0 Å².